The second-order valence-corrected chi connectivity index (χ2v) is 4.71. The summed E-state index contributed by atoms with van der Waals surface area (Å²) >= 11 is -0.889. The molecule has 0 aliphatic carbocycles. The van der Waals surface area contributed by atoms with Crippen molar-refractivity contribution in [1.29, 1.82) is 0 Å². The standard InChI is InChI=1S/3CH3.2ClH.Ta/h3*1H3;2*1H;/q3*-1;;;+2/p-2. The molecule has 0 aromatic rings. The molecular weight excluding hydrogens is 288 g/mol. The molecule has 0 nitrogen and oxygen atoms in total. The number of halogens is 2. The molecule has 0 rings (SSSR count). The van der Waals surface area contributed by atoms with Crippen LogP contribution in [0.5, 0.6) is 0 Å². The SMILES string of the molecule is [CH3-].[CH3-].[CH3-].[Cl][Ta][Cl]. The maximum atomic E-state index is 4.94. The van der Waals surface area contributed by atoms with Gasteiger partial charge >= 0.3 is 36.0 Å². The first-order valence-electron chi connectivity index (χ1n) is 0.338. The Morgan fingerprint density at radius 1 is 0.833 bits per heavy atom. The Labute approximate surface area is 58.2 Å². The summed E-state index contributed by atoms with van der Waals surface area (Å²) in [6, 6.07) is 0. The van der Waals surface area contributed by atoms with E-state index < -0.39 is 17.6 Å². The van der Waals surface area contributed by atoms with Gasteiger partial charge in [0.2, 0.25) is 0 Å². The van der Waals surface area contributed by atoms with Crippen LogP contribution in [-0.4, -0.2) is 0 Å². The number of hydrogen-bond donors (Lipinski definition) is 0. The van der Waals surface area contributed by atoms with E-state index in [1.807, 2.05) is 0 Å². The van der Waals surface area contributed by atoms with Gasteiger partial charge in [-0.25, -0.2) is 0 Å². The zero-order valence-corrected chi connectivity index (χ0v) is 8.93. The molecule has 0 unspecified atom stereocenters. The molecule has 43 valence electrons. The van der Waals surface area contributed by atoms with Gasteiger partial charge < -0.3 is 22.3 Å². The molecule has 0 aliphatic rings. The van der Waals surface area contributed by atoms with Gasteiger partial charge in [0.1, 0.15) is 0 Å². The van der Waals surface area contributed by atoms with E-state index >= 15 is 0 Å². The van der Waals surface area contributed by atoms with Crippen LogP contribution in [-0.2, 0) is 17.6 Å². The summed E-state index contributed by atoms with van der Waals surface area (Å²) in [4.78, 5) is 0. The van der Waals surface area contributed by atoms with Gasteiger partial charge in [0.25, 0.3) is 0 Å². The molecule has 0 saturated heterocycles. The fourth-order valence-electron chi connectivity index (χ4n) is 0. The van der Waals surface area contributed by atoms with Gasteiger partial charge in [0.15, 0.2) is 0 Å². The van der Waals surface area contributed by atoms with Crippen LogP contribution in [0.2, 0.25) is 0 Å². The Hall–Kier alpha value is 1.32. The van der Waals surface area contributed by atoms with Crippen molar-refractivity contribution in [2.75, 3.05) is 0 Å². The Balaban J connectivity index is -0.00000000667. The Morgan fingerprint density at radius 3 is 0.833 bits per heavy atom. The van der Waals surface area contributed by atoms with Crippen LogP contribution in [0.15, 0.2) is 0 Å². The molecule has 0 fully saturated rings. The zero-order chi connectivity index (χ0) is 2.71. The third kappa shape index (κ3) is 57.0. The maximum absolute atomic E-state index is 4.94. The first kappa shape index (κ1) is 26.5. The van der Waals surface area contributed by atoms with Crippen LogP contribution in [0.25, 0.3) is 0 Å². The van der Waals surface area contributed by atoms with Gasteiger partial charge in [-0.15, -0.1) is 0 Å². The molecule has 0 amide bonds. The molecule has 3 heteroatoms. The monoisotopic (exact) mass is 296 g/mol. The van der Waals surface area contributed by atoms with Crippen molar-refractivity contribution in [2.45, 2.75) is 0 Å². The first-order chi connectivity index (χ1) is 1.41. The Morgan fingerprint density at radius 2 is 0.833 bits per heavy atom. The molecule has 0 radical (unpaired) electrons. The van der Waals surface area contributed by atoms with Crippen molar-refractivity contribution in [1.82, 2.24) is 0 Å². The van der Waals surface area contributed by atoms with Crippen molar-refractivity contribution in [2.24, 2.45) is 0 Å². The van der Waals surface area contributed by atoms with Crippen molar-refractivity contribution in [3.63, 3.8) is 0 Å². The van der Waals surface area contributed by atoms with Crippen molar-refractivity contribution >= 4 is 18.4 Å². The molecule has 6 heavy (non-hydrogen) atoms. The van der Waals surface area contributed by atoms with E-state index in [-0.39, 0.29) is 22.3 Å². The van der Waals surface area contributed by atoms with E-state index in [2.05, 4.69) is 0 Å². The van der Waals surface area contributed by atoms with Crippen LogP contribution in [0.3, 0.4) is 0 Å². The number of hydrogen-bond acceptors (Lipinski definition) is 0. The van der Waals surface area contributed by atoms with Crippen molar-refractivity contribution in [3.8, 4) is 0 Å². The molecule has 0 N–H and O–H groups in total. The van der Waals surface area contributed by atoms with Crippen LogP contribution in [0, 0.1) is 22.3 Å². The predicted molar refractivity (Wildman–Crippen MR) is 30.9 cm³/mol. The zero-order valence-electron chi connectivity index (χ0n) is 4.20. The quantitative estimate of drug-likeness (QED) is 0.603. The molecule has 0 heterocycles. The van der Waals surface area contributed by atoms with Crippen LogP contribution >= 0.6 is 18.4 Å². The minimum atomic E-state index is -0.889. The average molecular weight is 297 g/mol. The van der Waals surface area contributed by atoms with Crippen LogP contribution in [0.1, 0.15) is 0 Å². The van der Waals surface area contributed by atoms with E-state index in [1.165, 1.54) is 0 Å². The fraction of sp³-hybridized carbons (Fsp3) is 0. The Kier molecular flexibility index (Phi) is 147. The van der Waals surface area contributed by atoms with E-state index in [0.29, 0.717) is 0 Å². The summed E-state index contributed by atoms with van der Waals surface area (Å²) in [6.07, 6.45) is 0. The second kappa shape index (κ2) is 33.2. The van der Waals surface area contributed by atoms with E-state index in [4.69, 9.17) is 18.4 Å². The van der Waals surface area contributed by atoms with Crippen molar-refractivity contribution < 1.29 is 17.6 Å². The third-order valence-corrected chi connectivity index (χ3v) is 0. The van der Waals surface area contributed by atoms with E-state index in [9.17, 15) is 0 Å². The molecule has 0 aromatic carbocycles. The Bertz CT molecular complexity index is 8.75. The summed E-state index contributed by atoms with van der Waals surface area (Å²) in [5.41, 5.74) is 0. The summed E-state index contributed by atoms with van der Waals surface area (Å²) in [5.74, 6) is 0. The molecule has 0 spiro atoms. The van der Waals surface area contributed by atoms with Crippen LogP contribution < -0.4 is 0 Å². The molecule has 0 atom stereocenters. The van der Waals surface area contributed by atoms with Gasteiger partial charge in [0.05, 0.1) is 0 Å². The predicted octanol–water partition coefficient (Wildman–Crippen LogP) is 2.73. The summed E-state index contributed by atoms with van der Waals surface area (Å²) < 4.78 is 0. The van der Waals surface area contributed by atoms with Crippen LogP contribution in [0.4, 0.5) is 0 Å². The normalized spacial score (nSPS) is 2.33. The first-order valence-corrected chi connectivity index (χ1v) is 8.30. The topological polar surface area (TPSA) is 0 Å². The second-order valence-electron chi connectivity index (χ2n) is 0.0639. The number of rotatable bonds is 0. The molecule has 0 bridgehead atoms. The molecule has 0 aromatic heterocycles. The van der Waals surface area contributed by atoms with Gasteiger partial charge in [-0.05, 0) is 0 Å². The molecular formula is C3H9Cl2Ta-3. The third-order valence-electron chi connectivity index (χ3n) is 0. The minimum absolute atomic E-state index is 0. The van der Waals surface area contributed by atoms with E-state index in [0.717, 1.165) is 0 Å². The molecule has 0 aliphatic heterocycles. The van der Waals surface area contributed by atoms with Crippen molar-refractivity contribution in [3.05, 3.63) is 22.3 Å². The van der Waals surface area contributed by atoms with Gasteiger partial charge in [0, 0.05) is 0 Å². The molecule has 0 saturated carbocycles. The van der Waals surface area contributed by atoms with Gasteiger partial charge in [-0.3, -0.25) is 0 Å². The fourth-order valence-corrected chi connectivity index (χ4v) is 0. The van der Waals surface area contributed by atoms with E-state index in [1.54, 1.807) is 0 Å². The van der Waals surface area contributed by atoms with Gasteiger partial charge in [-0.2, -0.15) is 0 Å². The summed E-state index contributed by atoms with van der Waals surface area (Å²) in [5, 5.41) is 0. The summed E-state index contributed by atoms with van der Waals surface area (Å²) in [6.45, 7) is 0. The summed E-state index contributed by atoms with van der Waals surface area (Å²) in [7, 11) is 9.89. The van der Waals surface area contributed by atoms with Gasteiger partial charge in [-0.1, -0.05) is 0 Å². The average Bonchev–Trinajstić information content (AvgIpc) is 0.918.